The molecule has 0 bridgehead atoms. The van der Waals surface area contributed by atoms with Crippen LogP contribution in [0.4, 0.5) is 21.7 Å². The molecule has 9 heteroatoms. The Morgan fingerprint density at radius 1 is 1.09 bits per heavy atom. The zero-order valence-electron chi connectivity index (χ0n) is 19.4. The van der Waals surface area contributed by atoms with Crippen molar-refractivity contribution in [3.63, 3.8) is 0 Å². The quantitative estimate of drug-likeness (QED) is 0.399. The second-order valence-corrected chi connectivity index (χ2v) is 9.12. The summed E-state index contributed by atoms with van der Waals surface area (Å²) in [5, 5.41) is 7.05. The van der Waals surface area contributed by atoms with Crippen LogP contribution in [0.15, 0.2) is 42.7 Å². The highest BCUT2D eigenvalue weighted by Crippen LogP contribution is 2.39. The number of pyridine rings is 1. The summed E-state index contributed by atoms with van der Waals surface area (Å²) in [5.74, 6) is 0.168. The molecule has 0 saturated carbocycles. The normalized spacial score (nSPS) is 15.6. The Hall–Kier alpha value is -4.27. The van der Waals surface area contributed by atoms with Crippen molar-refractivity contribution >= 4 is 34.2 Å². The van der Waals surface area contributed by atoms with Crippen molar-refractivity contribution < 1.29 is 18.7 Å². The molecule has 176 valence electrons. The molecular formula is C26H22FN5O3. The number of rotatable bonds is 3. The number of halogens is 1. The number of carbonyl (C=O) groups is 1. The summed E-state index contributed by atoms with van der Waals surface area (Å²) in [4.78, 5) is 25.4. The zero-order chi connectivity index (χ0) is 24.3. The van der Waals surface area contributed by atoms with Crippen LogP contribution in [0, 0.1) is 12.7 Å². The molecule has 0 unspecified atom stereocenters. The Morgan fingerprint density at radius 3 is 2.80 bits per heavy atom. The fourth-order valence-corrected chi connectivity index (χ4v) is 4.58. The molecule has 2 aliphatic rings. The van der Waals surface area contributed by atoms with Gasteiger partial charge in [-0.15, -0.1) is 0 Å². The SMILES string of the molecule is Cc1c(-c2cc3nc(Nc4ccc5c(c4)C(C)(C)OC5=O)ncc3cc2F)cnc2c1NCCO2. The van der Waals surface area contributed by atoms with Crippen LogP contribution >= 0.6 is 0 Å². The van der Waals surface area contributed by atoms with E-state index >= 15 is 4.39 Å². The number of nitrogens with zero attached hydrogens (tertiary/aromatic N) is 3. The minimum Gasteiger partial charge on any atom is -0.474 e. The van der Waals surface area contributed by atoms with E-state index in [-0.39, 0.29) is 11.8 Å². The molecule has 0 radical (unpaired) electrons. The van der Waals surface area contributed by atoms with Crippen LogP contribution < -0.4 is 15.4 Å². The van der Waals surface area contributed by atoms with Crippen molar-refractivity contribution in [2.24, 2.45) is 0 Å². The van der Waals surface area contributed by atoms with Crippen LogP contribution in [0.5, 0.6) is 5.88 Å². The lowest BCUT2D eigenvalue weighted by atomic mass is 9.95. The molecule has 2 N–H and O–H groups in total. The van der Waals surface area contributed by atoms with Crippen molar-refractivity contribution in [1.82, 2.24) is 15.0 Å². The largest absolute Gasteiger partial charge is 0.474 e. The van der Waals surface area contributed by atoms with Gasteiger partial charge in [0.15, 0.2) is 0 Å². The molecule has 0 aliphatic carbocycles. The number of aromatic nitrogens is 3. The first-order valence-corrected chi connectivity index (χ1v) is 11.3. The van der Waals surface area contributed by atoms with E-state index in [1.807, 2.05) is 26.8 Å². The summed E-state index contributed by atoms with van der Waals surface area (Å²) in [6, 6.07) is 8.50. The summed E-state index contributed by atoms with van der Waals surface area (Å²) in [7, 11) is 0. The minimum absolute atomic E-state index is 0.332. The minimum atomic E-state index is -0.707. The number of hydrogen-bond acceptors (Lipinski definition) is 8. The number of esters is 1. The third-order valence-electron chi connectivity index (χ3n) is 6.40. The smallest absolute Gasteiger partial charge is 0.339 e. The van der Waals surface area contributed by atoms with E-state index in [9.17, 15) is 4.79 Å². The first-order chi connectivity index (χ1) is 16.8. The van der Waals surface area contributed by atoms with Crippen LogP contribution in [0.3, 0.4) is 0 Å². The molecule has 0 fully saturated rings. The lowest BCUT2D eigenvalue weighted by molar-refractivity contribution is 0.00954. The maximum Gasteiger partial charge on any atom is 0.339 e. The monoisotopic (exact) mass is 471 g/mol. The summed E-state index contributed by atoms with van der Waals surface area (Å²) in [5.41, 5.74) is 4.65. The maximum atomic E-state index is 15.1. The van der Waals surface area contributed by atoms with Crippen LogP contribution in [0.25, 0.3) is 22.0 Å². The lowest BCUT2D eigenvalue weighted by Crippen LogP contribution is -2.20. The average molecular weight is 471 g/mol. The standard InChI is InChI=1S/C26H22FN5O3/c1-13-18(12-29-23-22(13)28-6-7-34-23)17-10-21-14(8-20(17)27)11-30-25(32-21)31-15-4-5-16-19(9-15)26(2,3)35-24(16)33/h4-5,8-12,28H,6-7H2,1-3H3,(H,30,31,32). The van der Waals surface area contributed by atoms with E-state index in [1.54, 1.807) is 30.6 Å². The van der Waals surface area contributed by atoms with Gasteiger partial charge >= 0.3 is 5.97 Å². The first kappa shape index (κ1) is 21.3. The Labute approximate surface area is 200 Å². The molecule has 0 saturated heterocycles. The van der Waals surface area contributed by atoms with Gasteiger partial charge in [0, 0.05) is 46.7 Å². The summed E-state index contributed by atoms with van der Waals surface area (Å²) in [6.07, 6.45) is 3.20. The Morgan fingerprint density at radius 2 is 1.94 bits per heavy atom. The number of ether oxygens (including phenoxy) is 2. The average Bonchev–Trinajstić information content (AvgIpc) is 3.07. The Kier molecular flexibility index (Phi) is 4.64. The van der Waals surface area contributed by atoms with Gasteiger partial charge in [-0.05, 0) is 56.7 Å². The van der Waals surface area contributed by atoms with Crippen molar-refractivity contribution in [3.8, 4) is 17.0 Å². The number of hydrogen-bond donors (Lipinski definition) is 2. The van der Waals surface area contributed by atoms with Crippen LogP contribution in [-0.2, 0) is 10.3 Å². The number of benzene rings is 2. The molecule has 35 heavy (non-hydrogen) atoms. The second kappa shape index (κ2) is 7.63. The van der Waals surface area contributed by atoms with Crippen molar-refractivity contribution in [1.29, 1.82) is 0 Å². The summed E-state index contributed by atoms with van der Waals surface area (Å²) >= 11 is 0. The molecule has 8 nitrogen and oxygen atoms in total. The van der Waals surface area contributed by atoms with Crippen LogP contribution in [0.1, 0.15) is 35.3 Å². The van der Waals surface area contributed by atoms with Gasteiger partial charge in [0.25, 0.3) is 0 Å². The van der Waals surface area contributed by atoms with Crippen LogP contribution in [0.2, 0.25) is 0 Å². The maximum absolute atomic E-state index is 15.1. The molecule has 0 spiro atoms. The van der Waals surface area contributed by atoms with Gasteiger partial charge in [-0.3, -0.25) is 0 Å². The highest BCUT2D eigenvalue weighted by Gasteiger charge is 2.37. The Bertz CT molecular complexity index is 1540. The van der Waals surface area contributed by atoms with E-state index < -0.39 is 5.60 Å². The van der Waals surface area contributed by atoms with Gasteiger partial charge < -0.3 is 20.1 Å². The fraction of sp³-hybridized carbons (Fsp3) is 0.231. The Balaban J connectivity index is 1.37. The van der Waals surface area contributed by atoms with Gasteiger partial charge in [-0.2, -0.15) is 0 Å². The van der Waals surface area contributed by atoms with E-state index in [4.69, 9.17) is 9.47 Å². The molecular weight excluding hydrogens is 449 g/mol. The highest BCUT2D eigenvalue weighted by atomic mass is 19.1. The number of nitrogens with one attached hydrogen (secondary N) is 2. The lowest BCUT2D eigenvalue weighted by Gasteiger charge is -2.21. The highest BCUT2D eigenvalue weighted by molar-refractivity contribution is 5.95. The fourth-order valence-electron chi connectivity index (χ4n) is 4.58. The predicted molar refractivity (Wildman–Crippen MR) is 130 cm³/mol. The second-order valence-electron chi connectivity index (χ2n) is 9.12. The van der Waals surface area contributed by atoms with Gasteiger partial charge in [-0.25, -0.2) is 24.1 Å². The third kappa shape index (κ3) is 3.51. The topological polar surface area (TPSA) is 98.3 Å². The number of carbonyl (C=O) groups excluding carboxylic acids is 1. The van der Waals surface area contributed by atoms with Crippen LogP contribution in [-0.4, -0.2) is 34.1 Å². The predicted octanol–water partition coefficient (Wildman–Crippen LogP) is 5.09. The van der Waals surface area contributed by atoms with E-state index in [2.05, 4.69) is 25.6 Å². The van der Waals surface area contributed by atoms with Gasteiger partial charge in [-0.1, -0.05) is 0 Å². The molecule has 0 amide bonds. The van der Waals surface area contributed by atoms with Gasteiger partial charge in [0.1, 0.15) is 23.7 Å². The first-order valence-electron chi connectivity index (χ1n) is 11.3. The van der Waals surface area contributed by atoms with Crippen molar-refractivity contribution in [2.75, 3.05) is 23.8 Å². The number of cyclic esters (lactones) is 1. The van der Waals surface area contributed by atoms with Crippen molar-refractivity contribution in [3.05, 3.63) is 65.2 Å². The molecule has 2 aliphatic heterocycles. The molecule has 0 atom stereocenters. The molecule has 4 heterocycles. The molecule has 4 aromatic rings. The molecule has 2 aromatic carbocycles. The van der Waals surface area contributed by atoms with Crippen molar-refractivity contribution in [2.45, 2.75) is 26.4 Å². The summed E-state index contributed by atoms with van der Waals surface area (Å²) in [6.45, 7) is 6.82. The summed E-state index contributed by atoms with van der Waals surface area (Å²) < 4.78 is 26.1. The van der Waals surface area contributed by atoms with Gasteiger partial charge in [0.05, 0.1) is 11.1 Å². The van der Waals surface area contributed by atoms with E-state index in [1.165, 1.54) is 6.07 Å². The molecule has 2 aromatic heterocycles. The zero-order valence-corrected chi connectivity index (χ0v) is 19.4. The number of anilines is 3. The molecule has 6 rings (SSSR count). The van der Waals surface area contributed by atoms with E-state index in [0.717, 1.165) is 22.5 Å². The van der Waals surface area contributed by atoms with Gasteiger partial charge in [0.2, 0.25) is 11.8 Å². The third-order valence-corrected chi connectivity index (χ3v) is 6.40. The number of fused-ring (bicyclic) bond motifs is 3. The van der Waals surface area contributed by atoms with E-state index in [0.29, 0.717) is 52.6 Å².